The average molecular weight is 467 g/mol. The highest BCUT2D eigenvalue weighted by Gasteiger charge is 2.20. The zero-order valence-electron chi connectivity index (χ0n) is 18.3. The fourth-order valence-corrected chi connectivity index (χ4v) is 4.36. The third-order valence-electron chi connectivity index (χ3n) is 4.96. The molecular weight excluding hydrogens is 444 g/mol. The van der Waals surface area contributed by atoms with E-state index in [4.69, 9.17) is 11.6 Å². The van der Waals surface area contributed by atoms with E-state index in [2.05, 4.69) is 38.8 Å². The van der Waals surface area contributed by atoms with Crippen LogP contribution in [0.2, 0.25) is 5.02 Å². The molecule has 32 heavy (non-hydrogen) atoms. The van der Waals surface area contributed by atoms with Crippen molar-refractivity contribution in [1.82, 2.24) is 24.5 Å². The zero-order valence-corrected chi connectivity index (χ0v) is 19.8. The van der Waals surface area contributed by atoms with E-state index in [1.54, 1.807) is 11.7 Å². The van der Waals surface area contributed by atoms with Gasteiger partial charge in [0.05, 0.1) is 22.2 Å². The number of halogens is 1. The van der Waals surface area contributed by atoms with E-state index in [9.17, 15) is 4.79 Å². The monoisotopic (exact) mass is 466 g/mol. The molecule has 0 saturated heterocycles. The maximum absolute atomic E-state index is 12.6. The Balaban J connectivity index is 1.68. The topological polar surface area (TPSA) is 77.6 Å². The number of nitrogens with zero attached hydrogens (tertiary/aromatic N) is 5. The van der Waals surface area contributed by atoms with E-state index in [0.29, 0.717) is 21.8 Å². The van der Waals surface area contributed by atoms with Crippen molar-refractivity contribution in [2.75, 3.05) is 11.1 Å². The lowest BCUT2D eigenvalue weighted by Crippen LogP contribution is -2.17. The van der Waals surface area contributed by atoms with Gasteiger partial charge in [-0.2, -0.15) is 5.10 Å². The number of carbonyl (C=O) groups is 1. The molecule has 0 aliphatic heterocycles. The molecule has 0 unspecified atom stereocenters. The van der Waals surface area contributed by atoms with Crippen LogP contribution in [-0.2, 0) is 11.8 Å². The van der Waals surface area contributed by atoms with Gasteiger partial charge in [-0.1, -0.05) is 47.6 Å². The summed E-state index contributed by atoms with van der Waals surface area (Å²) in [6.07, 6.45) is 0. The number of hydrogen-bond acceptors (Lipinski definition) is 5. The molecule has 9 heteroatoms. The number of nitrogens with one attached hydrogen (secondary N) is 1. The molecule has 0 fully saturated rings. The predicted octanol–water partition coefficient (Wildman–Crippen LogP) is 4.98. The first-order chi connectivity index (χ1) is 15.3. The Hall–Kier alpha value is -3.10. The fraction of sp³-hybridized carbons (Fsp3) is 0.217. The van der Waals surface area contributed by atoms with Gasteiger partial charge in [-0.15, -0.1) is 10.2 Å². The molecule has 2 aromatic heterocycles. The third kappa shape index (κ3) is 4.56. The largest absolute Gasteiger partial charge is 0.310 e. The van der Waals surface area contributed by atoms with Crippen LogP contribution in [0.15, 0.2) is 53.7 Å². The van der Waals surface area contributed by atoms with Crippen molar-refractivity contribution in [3.05, 3.63) is 70.4 Å². The highest BCUT2D eigenvalue weighted by atomic mass is 35.5. The molecular formula is C23H23ClN6OS. The minimum Gasteiger partial charge on any atom is -0.310 e. The molecule has 0 saturated carbocycles. The minimum atomic E-state index is -0.146. The third-order valence-corrected chi connectivity index (χ3v) is 6.21. The lowest BCUT2D eigenvalue weighted by atomic mass is 10.1. The molecule has 0 radical (unpaired) electrons. The van der Waals surface area contributed by atoms with Crippen LogP contribution in [0.1, 0.15) is 16.8 Å². The van der Waals surface area contributed by atoms with Crippen LogP contribution in [0, 0.1) is 20.8 Å². The Morgan fingerprint density at radius 1 is 1.09 bits per heavy atom. The van der Waals surface area contributed by atoms with E-state index >= 15 is 0 Å². The standard InChI is InChI=1S/C23H23ClN6OS/c1-14-9-10-15(2)19(11-14)30-22(17-7-5-6-8-18(17)24)26-27-23(30)32-13-21(31)25-20-12-16(3)28-29(20)4/h5-12H,13H2,1-4H3,(H,25,31). The smallest absolute Gasteiger partial charge is 0.235 e. The van der Waals surface area contributed by atoms with E-state index in [-0.39, 0.29) is 11.7 Å². The molecule has 2 heterocycles. The summed E-state index contributed by atoms with van der Waals surface area (Å²) in [5, 5.41) is 17.2. The van der Waals surface area contributed by atoms with Gasteiger partial charge in [0.25, 0.3) is 0 Å². The quantitative estimate of drug-likeness (QED) is 0.405. The van der Waals surface area contributed by atoms with Crippen molar-refractivity contribution in [3.8, 4) is 17.1 Å². The number of hydrogen-bond donors (Lipinski definition) is 1. The summed E-state index contributed by atoms with van der Waals surface area (Å²) in [5.41, 5.74) is 4.76. The first kappa shape index (κ1) is 22.1. The molecule has 0 atom stereocenters. The van der Waals surface area contributed by atoms with Gasteiger partial charge in [-0.25, -0.2) is 0 Å². The van der Waals surface area contributed by atoms with Crippen LogP contribution in [0.4, 0.5) is 5.82 Å². The Kier molecular flexibility index (Phi) is 6.34. The number of aromatic nitrogens is 5. The maximum atomic E-state index is 12.6. The van der Waals surface area contributed by atoms with Crippen LogP contribution in [0.5, 0.6) is 0 Å². The second-order valence-corrected chi connectivity index (χ2v) is 8.89. The molecule has 1 N–H and O–H groups in total. The number of anilines is 1. The normalized spacial score (nSPS) is 11.0. The first-order valence-electron chi connectivity index (χ1n) is 10.0. The summed E-state index contributed by atoms with van der Waals surface area (Å²) in [7, 11) is 1.79. The van der Waals surface area contributed by atoms with Crippen molar-refractivity contribution in [2.45, 2.75) is 25.9 Å². The summed E-state index contributed by atoms with van der Waals surface area (Å²) in [5.74, 6) is 1.32. The average Bonchev–Trinajstić information content (AvgIpc) is 3.31. The number of carbonyl (C=O) groups excluding carboxylic acids is 1. The maximum Gasteiger partial charge on any atom is 0.235 e. The molecule has 0 aliphatic carbocycles. The fourth-order valence-electron chi connectivity index (χ4n) is 3.39. The van der Waals surface area contributed by atoms with Gasteiger partial charge < -0.3 is 5.32 Å². The Bertz CT molecular complexity index is 1300. The Morgan fingerprint density at radius 2 is 1.88 bits per heavy atom. The van der Waals surface area contributed by atoms with Crippen molar-refractivity contribution in [3.63, 3.8) is 0 Å². The summed E-state index contributed by atoms with van der Waals surface area (Å²) in [4.78, 5) is 12.6. The van der Waals surface area contributed by atoms with E-state index in [0.717, 1.165) is 28.1 Å². The number of amides is 1. The molecule has 7 nitrogen and oxygen atoms in total. The van der Waals surface area contributed by atoms with Crippen LogP contribution in [-0.4, -0.2) is 36.2 Å². The molecule has 0 aliphatic rings. The number of benzene rings is 2. The van der Waals surface area contributed by atoms with Gasteiger partial charge in [0.2, 0.25) is 5.91 Å². The number of thioether (sulfide) groups is 1. The minimum absolute atomic E-state index is 0.146. The second-order valence-electron chi connectivity index (χ2n) is 7.54. The van der Waals surface area contributed by atoms with Crippen molar-refractivity contribution in [1.29, 1.82) is 0 Å². The first-order valence-corrected chi connectivity index (χ1v) is 11.4. The van der Waals surface area contributed by atoms with Crippen LogP contribution in [0.3, 0.4) is 0 Å². The molecule has 0 spiro atoms. The van der Waals surface area contributed by atoms with Gasteiger partial charge in [-0.05, 0) is 50.1 Å². The van der Waals surface area contributed by atoms with Crippen LogP contribution in [0.25, 0.3) is 17.1 Å². The molecule has 1 amide bonds. The predicted molar refractivity (Wildman–Crippen MR) is 129 cm³/mol. The highest BCUT2D eigenvalue weighted by Crippen LogP contribution is 2.33. The van der Waals surface area contributed by atoms with Gasteiger partial charge in [0.1, 0.15) is 5.82 Å². The van der Waals surface area contributed by atoms with Crippen LogP contribution >= 0.6 is 23.4 Å². The molecule has 4 rings (SSSR count). The van der Waals surface area contributed by atoms with Gasteiger partial charge in [0.15, 0.2) is 11.0 Å². The van der Waals surface area contributed by atoms with Gasteiger partial charge >= 0.3 is 0 Å². The number of rotatable bonds is 6. The lowest BCUT2D eigenvalue weighted by molar-refractivity contribution is -0.113. The van der Waals surface area contributed by atoms with Crippen molar-refractivity contribution >= 4 is 35.1 Å². The highest BCUT2D eigenvalue weighted by molar-refractivity contribution is 7.99. The molecule has 164 valence electrons. The summed E-state index contributed by atoms with van der Waals surface area (Å²) >= 11 is 7.80. The zero-order chi connectivity index (χ0) is 22.8. The van der Waals surface area contributed by atoms with Gasteiger partial charge in [-0.3, -0.25) is 14.0 Å². The number of aryl methyl sites for hydroxylation is 4. The molecule has 4 aromatic rings. The Morgan fingerprint density at radius 3 is 2.59 bits per heavy atom. The van der Waals surface area contributed by atoms with Crippen molar-refractivity contribution in [2.24, 2.45) is 7.05 Å². The van der Waals surface area contributed by atoms with Gasteiger partial charge in [0, 0.05) is 18.7 Å². The summed E-state index contributed by atoms with van der Waals surface area (Å²) < 4.78 is 3.61. The lowest BCUT2D eigenvalue weighted by Gasteiger charge is -2.14. The SMILES string of the molecule is Cc1ccc(C)c(-n2c(SCC(=O)Nc3cc(C)nn3C)nnc2-c2ccccc2Cl)c1. The van der Waals surface area contributed by atoms with Crippen molar-refractivity contribution < 1.29 is 4.79 Å². The summed E-state index contributed by atoms with van der Waals surface area (Å²) in [6, 6.07) is 15.6. The summed E-state index contributed by atoms with van der Waals surface area (Å²) in [6.45, 7) is 5.96. The van der Waals surface area contributed by atoms with E-state index in [1.807, 2.05) is 55.7 Å². The Labute approximate surface area is 195 Å². The van der Waals surface area contributed by atoms with E-state index < -0.39 is 0 Å². The van der Waals surface area contributed by atoms with Crippen LogP contribution < -0.4 is 5.32 Å². The molecule has 2 aromatic carbocycles. The van der Waals surface area contributed by atoms with E-state index in [1.165, 1.54) is 11.8 Å². The second kappa shape index (κ2) is 9.18. The molecule has 0 bridgehead atoms.